The van der Waals surface area contributed by atoms with Gasteiger partial charge in [-0.25, -0.2) is 5.43 Å². The number of carbonyl (C=O) groups is 1. The Kier molecular flexibility index (Phi) is 6.45. The maximum absolute atomic E-state index is 12.6. The predicted octanol–water partition coefficient (Wildman–Crippen LogP) is 5.94. The van der Waals surface area contributed by atoms with Crippen molar-refractivity contribution in [2.24, 2.45) is 5.10 Å². The van der Waals surface area contributed by atoms with Crippen LogP contribution in [0.25, 0.3) is 11.3 Å². The number of furan rings is 1. The molecule has 0 radical (unpaired) electrons. The summed E-state index contributed by atoms with van der Waals surface area (Å²) in [4.78, 5) is 12.6. The van der Waals surface area contributed by atoms with Gasteiger partial charge < -0.3 is 9.15 Å². The number of hydrazone groups is 1. The molecule has 1 N–H and O–H groups in total. The van der Waals surface area contributed by atoms with Crippen LogP contribution in [0.15, 0.2) is 101 Å². The van der Waals surface area contributed by atoms with E-state index in [0.29, 0.717) is 34.5 Å². The number of carbonyl (C=O) groups excluding carboxylic acids is 1. The van der Waals surface area contributed by atoms with Gasteiger partial charge in [-0.3, -0.25) is 4.79 Å². The molecule has 0 atom stereocenters. The van der Waals surface area contributed by atoms with Crippen molar-refractivity contribution in [3.63, 3.8) is 0 Å². The van der Waals surface area contributed by atoms with E-state index in [1.165, 1.54) is 6.21 Å². The average molecular weight is 431 g/mol. The summed E-state index contributed by atoms with van der Waals surface area (Å²) in [5.74, 6) is 1.31. The summed E-state index contributed by atoms with van der Waals surface area (Å²) in [7, 11) is 0. The van der Waals surface area contributed by atoms with Gasteiger partial charge in [0.25, 0.3) is 5.91 Å². The number of hydrogen-bond acceptors (Lipinski definition) is 4. The normalized spacial score (nSPS) is 10.9. The van der Waals surface area contributed by atoms with Crippen LogP contribution in [0.1, 0.15) is 21.7 Å². The molecule has 154 valence electrons. The molecule has 0 fully saturated rings. The average Bonchev–Trinajstić information content (AvgIpc) is 3.28. The van der Waals surface area contributed by atoms with Crippen molar-refractivity contribution in [2.75, 3.05) is 0 Å². The van der Waals surface area contributed by atoms with Crippen LogP contribution in [0.4, 0.5) is 0 Å². The topological polar surface area (TPSA) is 63.8 Å². The molecular formula is C25H19ClN2O3. The number of hydrogen-bond donors (Lipinski definition) is 1. The lowest BCUT2D eigenvalue weighted by Gasteiger charge is -2.10. The van der Waals surface area contributed by atoms with Crippen LogP contribution < -0.4 is 10.2 Å². The summed E-state index contributed by atoms with van der Waals surface area (Å²) in [6, 6.07) is 27.8. The minimum Gasteiger partial charge on any atom is -0.488 e. The molecule has 0 aliphatic carbocycles. The molecule has 0 saturated heterocycles. The number of nitrogens with zero attached hydrogens (tertiary/aromatic N) is 1. The largest absolute Gasteiger partial charge is 0.488 e. The number of nitrogens with one attached hydrogen (secondary N) is 1. The lowest BCUT2D eigenvalue weighted by molar-refractivity contribution is 0.0950. The molecule has 0 aliphatic heterocycles. The standard InChI is InChI=1S/C25H19ClN2O3/c26-20-12-10-19(11-13-20)23-15-14-21(31-23)16-27-28-25(29)22-8-4-5-9-24(22)30-17-18-6-2-1-3-7-18/h1-16H,17H2,(H,28,29)/b27-16+. The Balaban J connectivity index is 1.39. The number of amides is 1. The number of ether oxygens (including phenoxy) is 1. The zero-order valence-electron chi connectivity index (χ0n) is 16.5. The van der Waals surface area contributed by atoms with E-state index in [4.69, 9.17) is 20.8 Å². The van der Waals surface area contributed by atoms with Gasteiger partial charge in [-0.1, -0.05) is 54.1 Å². The molecule has 3 aromatic carbocycles. The molecule has 0 bridgehead atoms. The van der Waals surface area contributed by atoms with Crippen molar-refractivity contribution in [3.05, 3.63) is 113 Å². The Morgan fingerprint density at radius 2 is 1.68 bits per heavy atom. The van der Waals surface area contributed by atoms with Crippen LogP contribution in [0.5, 0.6) is 5.75 Å². The summed E-state index contributed by atoms with van der Waals surface area (Å²) < 4.78 is 11.6. The first-order chi connectivity index (χ1) is 15.2. The molecule has 4 aromatic rings. The molecule has 6 heteroatoms. The van der Waals surface area contributed by atoms with Gasteiger partial charge in [0.2, 0.25) is 0 Å². The third kappa shape index (κ3) is 5.41. The highest BCUT2D eigenvalue weighted by atomic mass is 35.5. The van der Waals surface area contributed by atoms with Crippen LogP contribution in [0.2, 0.25) is 5.02 Å². The predicted molar refractivity (Wildman–Crippen MR) is 121 cm³/mol. The first-order valence-corrected chi connectivity index (χ1v) is 10.0. The minimum absolute atomic E-state index is 0.369. The smallest absolute Gasteiger partial charge is 0.275 e. The van der Waals surface area contributed by atoms with Gasteiger partial charge in [0.15, 0.2) is 0 Å². The summed E-state index contributed by atoms with van der Waals surface area (Å²) in [5.41, 5.74) is 4.83. The van der Waals surface area contributed by atoms with Crippen LogP contribution in [0, 0.1) is 0 Å². The second-order valence-corrected chi connectivity index (χ2v) is 7.11. The molecule has 1 aromatic heterocycles. The molecule has 31 heavy (non-hydrogen) atoms. The van der Waals surface area contributed by atoms with E-state index in [2.05, 4.69) is 10.5 Å². The van der Waals surface area contributed by atoms with E-state index >= 15 is 0 Å². The molecule has 5 nitrogen and oxygen atoms in total. The van der Waals surface area contributed by atoms with Crippen molar-refractivity contribution >= 4 is 23.7 Å². The molecular weight excluding hydrogens is 412 g/mol. The van der Waals surface area contributed by atoms with Crippen LogP contribution in [-0.2, 0) is 6.61 Å². The van der Waals surface area contributed by atoms with E-state index in [-0.39, 0.29) is 5.91 Å². The van der Waals surface area contributed by atoms with Gasteiger partial charge in [-0.2, -0.15) is 5.10 Å². The first-order valence-electron chi connectivity index (χ1n) is 9.64. The van der Waals surface area contributed by atoms with Gasteiger partial charge in [0.05, 0.1) is 11.8 Å². The third-order valence-electron chi connectivity index (χ3n) is 4.48. The van der Waals surface area contributed by atoms with Gasteiger partial charge in [-0.05, 0) is 54.1 Å². The molecule has 1 heterocycles. The van der Waals surface area contributed by atoms with E-state index in [1.807, 2.05) is 54.6 Å². The quantitative estimate of drug-likeness (QED) is 0.291. The van der Waals surface area contributed by atoms with E-state index in [9.17, 15) is 4.79 Å². The van der Waals surface area contributed by atoms with Crippen molar-refractivity contribution in [1.29, 1.82) is 0 Å². The third-order valence-corrected chi connectivity index (χ3v) is 4.73. The fourth-order valence-corrected chi connectivity index (χ4v) is 3.05. The molecule has 0 unspecified atom stereocenters. The van der Waals surface area contributed by atoms with Crippen LogP contribution in [-0.4, -0.2) is 12.1 Å². The number of para-hydroxylation sites is 1. The van der Waals surface area contributed by atoms with Gasteiger partial charge in [-0.15, -0.1) is 0 Å². The Morgan fingerprint density at radius 1 is 0.935 bits per heavy atom. The Labute approximate surface area is 184 Å². The molecule has 0 spiro atoms. The summed E-state index contributed by atoms with van der Waals surface area (Å²) in [6.07, 6.45) is 1.45. The molecule has 0 saturated carbocycles. The van der Waals surface area contributed by atoms with Crippen molar-refractivity contribution < 1.29 is 13.9 Å². The summed E-state index contributed by atoms with van der Waals surface area (Å²) in [6.45, 7) is 0.369. The van der Waals surface area contributed by atoms with Crippen LogP contribution >= 0.6 is 11.6 Å². The lowest BCUT2D eigenvalue weighted by Crippen LogP contribution is -2.18. The molecule has 1 amide bonds. The summed E-state index contributed by atoms with van der Waals surface area (Å²) in [5, 5.41) is 4.66. The zero-order chi connectivity index (χ0) is 21.5. The van der Waals surface area contributed by atoms with E-state index in [1.54, 1.807) is 36.4 Å². The van der Waals surface area contributed by atoms with E-state index in [0.717, 1.165) is 11.1 Å². The van der Waals surface area contributed by atoms with Gasteiger partial charge in [0, 0.05) is 10.6 Å². The van der Waals surface area contributed by atoms with Crippen molar-refractivity contribution in [1.82, 2.24) is 5.43 Å². The maximum atomic E-state index is 12.6. The van der Waals surface area contributed by atoms with Gasteiger partial charge in [0.1, 0.15) is 23.9 Å². The Hall–Kier alpha value is -3.83. The van der Waals surface area contributed by atoms with Crippen molar-refractivity contribution in [2.45, 2.75) is 6.61 Å². The fourth-order valence-electron chi connectivity index (χ4n) is 2.92. The number of halogens is 1. The summed E-state index contributed by atoms with van der Waals surface area (Å²) >= 11 is 5.91. The van der Waals surface area contributed by atoms with E-state index < -0.39 is 0 Å². The van der Waals surface area contributed by atoms with Crippen molar-refractivity contribution in [3.8, 4) is 17.1 Å². The second kappa shape index (κ2) is 9.78. The SMILES string of the molecule is O=C(N/N=C/c1ccc(-c2ccc(Cl)cc2)o1)c1ccccc1OCc1ccccc1. The molecule has 4 rings (SSSR count). The Bertz CT molecular complexity index is 1180. The zero-order valence-corrected chi connectivity index (χ0v) is 17.3. The lowest BCUT2D eigenvalue weighted by atomic mass is 10.2. The highest BCUT2D eigenvalue weighted by Gasteiger charge is 2.11. The minimum atomic E-state index is -0.371. The van der Waals surface area contributed by atoms with Crippen LogP contribution in [0.3, 0.4) is 0 Å². The fraction of sp³-hybridized carbons (Fsp3) is 0.0400. The highest BCUT2D eigenvalue weighted by molar-refractivity contribution is 6.30. The Morgan fingerprint density at radius 3 is 2.48 bits per heavy atom. The second-order valence-electron chi connectivity index (χ2n) is 6.68. The number of rotatable bonds is 7. The van der Waals surface area contributed by atoms with Gasteiger partial charge >= 0.3 is 0 Å². The molecule has 0 aliphatic rings. The highest BCUT2D eigenvalue weighted by Crippen LogP contribution is 2.23. The monoisotopic (exact) mass is 430 g/mol. The maximum Gasteiger partial charge on any atom is 0.275 e. The first kappa shape index (κ1) is 20.4. The number of benzene rings is 3.